The molecule has 0 saturated carbocycles. The van der Waals surface area contributed by atoms with Gasteiger partial charge in [-0.15, -0.1) is 0 Å². The standard InChI is InChI=1S/C70H135NO8/c1-3-5-7-9-11-13-15-17-19-21-23-25-27-29-30-31-32-33-34-35-36-38-40-42-44-46-48-50-52-54-56-58-60-66(74)71-63(62-78-70-69(77)68(76)67(75)65(61-72)79-70)64(73)59-57-55-53-51-49-47-45-43-41-39-37-28-26-24-22-20-18-16-14-12-10-8-6-4-2/h29-30,57,59,63-65,67-70,72-73,75-77H,3-28,31-56,58,60-62H2,1-2H3,(H,71,74)/b30-29-,59-57+. The molecule has 1 aliphatic heterocycles. The Morgan fingerprint density at radius 3 is 1.03 bits per heavy atom. The molecular weight excluding hydrogens is 983 g/mol. The first-order valence-corrected chi connectivity index (χ1v) is 35.1. The van der Waals surface area contributed by atoms with Crippen molar-refractivity contribution in [2.75, 3.05) is 13.2 Å². The Labute approximate surface area is 489 Å². The van der Waals surface area contributed by atoms with E-state index in [0.29, 0.717) is 6.42 Å². The number of aliphatic hydroxyl groups is 5. The van der Waals surface area contributed by atoms with Gasteiger partial charge in [-0.2, -0.15) is 0 Å². The molecule has 79 heavy (non-hydrogen) atoms. The van der Waals surface area contributed by atoms with Crippen LogP contribution >= 0.6 is 0 Å². The maximum Gasteiger partial charge on any atom is 0.220 e. The monoisotopic (exact) mass is 1120 g/mol. The highest BCUT2D eigenvalue weighted by Gasteiger charge is 2.44. The zero-order valence-corrected chi connectivity index (χ0v) is 52.4. The number of carbonyl (C=O) groups is 1. The van der Waals surface area contributed by atoms with Crippen molar-refractivity contribution >= 4 is 5.91 Å². The molecule has 0 aromatic heterocycles. The Hall–Kier alpha value is -1.33. The van der Waals surface area contributed by atoms with Crippen molar-refractivity contribution < 1.29 is 39.8 Å². The summed E-state index contributed by atoms with van der Waals surface area (Å²) in [4.78, 5) is 13.1. The van der Waals surface area contributed by atoms with Crippen LogP contribution in [-0.4, -0.2) is 87.5 Å². The van der Waals surface area contributed by atoms with Crippen LogP contribution < -0.4 is 5.32 Å². The van der Waals surface area contributed by atoms with Gasteiger partial charge in [0.1, 0.15) is 24.4 Å². The topological polar surface area (TPSA) is 149 Å². The third kappa shape index (κ3) is 48.7. The highest BCUT2D eigenvalue weighted by atomic mass is 16.7. The van der Waals surface area contributed by atoms with E-state index in [2.05, 4.69) is 31.3 Å². The van der Waals surface area contributed by atoms with Crippen LogP contribution in [0.15, 0.2) is 24.3 Å². The minimum atomic E-state index is -1.57. The number of unbranched alkanes of at least 4 members (excludes halogenated alkanes) is 50. The van der Waals surface area contributed by atoms with Gasteiger partial charge in [-0.25, -0.2) is 0 Å². The third-order valence-electron chi connectivity index (χ3n) is 17.0. The van der Waals surface area contributed by atoms with E-state index in [0.717, 1.165) is 38.5 Å². The summed E-state index contributed by atoms with van der Waals surface area (Å²) in [5.74, 6) is -0.169. The predicted molar refractivity (Wildman–Crippen MR) is 337 cm³/mol. The largest absolute Gasteiger partial charge is 0.394 e. The minimum absolute atomic E-state index is 0.169. The molecule has 0 aliphatic carbocycles. The molecule has 9 nitrogen and oxygen atoms in total. The zero-order chi connectivity index (χ0) is 57.2. The van der Waals surface area contributed by atoms with Crippen LogP contribution in [0.5, 0.6) is 0 Å². The average Bonchev–Trinajstić information content (AvgIpc) is 3.46. The van der Waals surface area contributed by atoms with E-state index in [1.807, 2.05) is 6.08 Å². The van der Waals surface area contributed by atoms with Crippen LogP contribution in [0.4, 0.5) is 0 Å². The number of ether oxygens (including phenoxy) is 2. The first-order chi connectivity index (χ1) is 38.8. The number of amides is 1. The van der Waals surface area contributed by atoms with Gasteiger partial charge < -0.3 is 40.3 Å². The Balaban J connectivity index is 2.11. The first kappa shape index (κ1) is 75.7. The van der Waals surface area contributed by atoms with Crippen molar-refractivity contribution in [2.24, 2.45) is 0 Å². The molecule has 0 radical (unpaired) electrons. The van der Waals surface area contributed by atoms with Crippen LogP contribution in [0.25, 0.3) is 0 Å². The number of rotatable bonds is 62. The molecule has 6 N–H and O–H groups in total. The van der Waals surface area contributed by atoms with Gasteiger partial charge >= 0.3 is 0 Å². The Kier molecular flexibility index (Phi) is 57.3. The van der Waals surface area contributed by atoms with Gasteiger partial charge in [0, 0.05) is 6.42 Å². The second-order valence-electron chi connectivity index (χ2n) is 24.7. The highest BCUT2D eigenvalue weighted by molar-refractivity contribution is 5.76. The van der Waals surface area contributed by atoms with Gasteiger partial charge in [0.2, 0.25) is 5.91 Å². The van der Waals surface area contributed by atoms with E-state index in [1.165, 1.54) is 302 Å². The first-order valence-electron chi connectivity index (χ1n) is 35.1. The van der Waals surface area contributed by atoms with Crippen molar-refractivity contribution in [1.82, 2.24) is 5.32 Å². The summed E-state index contributed by atoms with van der Waals surface area (Å²) in [7, 11) is 0. The number of hydrogen-bond donors (Lipinski definition) is 6. The summed E-state index contributed by atoms with van der Waals surface area (Å²) in [6.45, 7) is 3.84. The van der Waals surface area contributed by atoms with E-state index >= 15 is 0 Å². The maximum atomic E-state index is 13.1. The summed E-state index contributed by atoms with van der Waals surface area (Å²) in [5, 5.41) is 54.8. The van der Waals surface area contributed by atoms with Gasteiger partial charge in [-0.3, -0.25) is 4.79 Å². The second kappa shape index (κ2) is 59.8. The molecule has 1 rings (SSSR count). The summed E-state index contributed by atoms with van der Waals surface area (Å²) in [5.41, 5.74) is 0. The molecule has 9 heteroatoms. The smallest absolute Gasteiger partial charge is 0.220 e. The molecule has 7 unspecified atom stereocenters. The molecule has 1 saturated heterocycles. The number of allylic oxidation sites excluding steroid dienone is 3. The Morgan fingerprint density at radius 2 is 0.709 bits per heavy atom. The maximum absolute atomic E-state index is 13.1. The van der Waals surface area contributed by atoms with Crippen molar-refractivity contribution in [1.29, 1.82) is 0 Å². The summed E-state index contributed by atoms with van der Waals surface area (Å²) in [6, 6.07) is -0.804. The molecular formula is C70H135NO8. The zero-order valence-electron chi connectivity index (χ0n) is 52.4. The van der Waals surface area contributed by atoms with Crippen LogP contribution in [0.2, 0.25) is 0 Å². The van der Waals surface area contributed by atoms with Crippen LogP contribution in [0.3, 0.4) is 0 Å². The lowest BCUT2D eigenvalue weighted by atomic mass is 9.99. The second-order valence-corrected chi connectivity index (χ2v) is 24.7. The Morgan fingerprint density at radius 1 is 0.418 bits per heavy atom. The fourth-order valence-corrected chi connectivity index (χ4v) is 11.5. The van der Waals surface area contributed by atoms with E-state index in [1.54, 1.807) is 6.08 Å². The predicted octanol–water partition coefficient (Wildman–Crippen LogP) is 18.9. The molecule has 0 bridgehead atoms. The molecule has 1 aliphatic rings. The molecule has 7 atom stereocenters. The summed E-state index contributed by atoms with van der Waals surface area (Å²) in [6.07, 6.45) is 71.4. The lowest BCUT2D eigenvalue weighted by molar-refractivity contribution is -0.302. The normalized spacial score (nSPS) is 18.6. The molecule has 1 amide bonds. The van der Waals surface area contributed by atoms with Crippen LogP contribution in [0, 0.1) is 0 Å². The van der Waals surface area contributed by atoms with Crippen LogP contribution in [-0.2, 0) is 14.3 Å². The van der Waals surface area contributed by atoms with E-state index in [9.17, 15) is 30.3 Å². The van der Waals surface area contributed by atoms with Crippen molar-refractivity contribution in [3.8, 4) is 0 Å². The van der Waals surface area contributed by atoms with Gasteiger partial charge in [-0.05, 0) is 44.9 Å². The highest BCUT2D eigenvalue weighted by Crippen LogP contribution is 2.23. The molecule has 0 spiro atoms. The third-order valence-corrected chi connectivity index (χ3v) is 17.0. The molecule has 1 heterocycles. The van der Waals surface area contributed by atoms with E-state index in [4.69, 9.17) is 9.47 Å². The number of carbonyl (C=O) groups excluding carboxylic acids is 1. The fraction of sp³-hybridized carbons (Fsp3) is 0.929. The number of hydrogen-bond acceptors (Lipinski definition) is 8. The number of aliphatic hydroxyl groups excluding tert-OH is 5. The van der Waals surface area contributed by atoms with E-state index in [-0.39, 0.29) is 12.5 Å². The van der Waals surface area contributed by atoms with Crippen molar-refractivity contribution in [2.45, 2.75) is 403 Å². The van der Waals surface area contributed by atoms with Gasteiger partial charge in [0.25, 0.3) is 0 Å². The lowest BCUT2D eigenvalue weighted by Gasteiger charge is -2.40. The fourth-order valence-electron chi connectivity index (χ4n) is 11.5. The van der Waals surface area contributed by atoms with Crippen molar-refractivity contribution in [3.63, 3.8) is 0 Å². The Bertz CT molecular complexity index is 1300. The minimum Gasteiger partial charge on any atom is -0.394 e. The molecule has 0 aromatic carbocycles. The van der Waals surface area contributed by atoms with E-state index < -0.39 is 49.5 Å². The van der Waals surface area contributed by atoms with Gasteiger partial charge in [0.15, 0.2) is 6.29 Å². The number of nitrogens with one attached hydrogen (secondary N) is 1. The lowest BCUT2D eigenvalue weighted by Crippen LogP contribution is -2.60. The van der Waals surface area contributed by atoms with Crippen molar-refractivity contribution in [3.05, 3.63) is 24.3 Å². The molecule has 1 fully saturated rings. The molecule has 0 aromatic rings. The van der Waals surface area contributed by atoms with Gasteiger partial charge in [0.05, 0.1) is 25.4 Å². The quantitative estimate of drug-likeness (QED) is 0.0261. The summed E-state index contributed by atoms with van der Waals surface area (Å²) >= 11 is 0. The molecule has 468 valence electrons. The summed E-state index contributed by atoms with van der Waals surface area (Å²) < 4.78 is 11.3. The average molecular weight is 1120 g/mol. The van der Waals surface area contributed by atoms with Crippen LogP contribution in [0.1, 0.15) is 361 Å². The van der Waals surface area contributed by atoms with Gasteiger partial charge in [-0.1, -0.05) is 334 Å². The SMILES string of the molecule is CCCCCCCCCCCCCC/C=C\CCCCCCCCCCCCCCCCCCC(=O)NC(COC1OC(CO)C(O)C(O)C1O)C(O)/C=C/CCCCCCCCCCCCCCCCCCCCCCCC.